The average Bonchev–Trinajstić information content (AvgIpc) is 2.55. The summed E-state index contributed by atoms with van der Waals surface area (Å²) in [5, 5.41) is 6.10. The van der Waals surface area contributed by atoms with Crippen molar-refractivity contribution in [1.82, 2.24) is 10.3 Å². The first-order valence-electron chi connectivity index (χ1n) is 7.79. The molecule has 23 heavy (non-hydrogen) atoms. The minimum Gasteiger partial charge on any atom is -0.491 e. The fourth-order valence-corrected chi connectivity index (χ4v) is 2.04. The molecule has 5 heteroatoms. The minimum absolute atomic E-state index is 0.0149. The molecule has 2 N–H and O–H groups in total. The number of carbonyl (C=O) groups excluding carboxylic acids is 1. The quantitative estimate of drug-likeness (QED) is 0.786. The van der Waals surface area contributed by atoms with Gasteiger partial charge in [-0.1, -0.05) is 6.07 Å². The number of anilines is 1. The molecule has 1 aromatic carbocycles. The first-order chi connectivity index (χ1) is 11.1. The molecule has 122 valence electrons. The van der Waals surface area contributed by atoms with E-state index in [9.17, 15) is 4.79 Å². The largest absolute Gasteiger partial charge is 0.491 e. The molecule has 0 saturated heterocycles. The standard InChI is InChI=1S/C18H23N3O2/c1-14(2)23-17-7-5-16(6-8-17)20-11-9-18(22)21-13-15-4-3-10-19-12-15/h3-8,10,12,14,20H,9,11,13H2,1-2H3,(H,21,22). The molecule has 0 aliphatic carbocycles. The average molecular weight is 313 g/mol. The number of nitrogens with one attached hydrogen (secondary N) is 2. The van der Waals surface area contributed by atoms with Gasteiger partial charge in [0.05, 0.1) is 6.10 Å². The van der Waals surface area contributed by atoms with E-state index in [2.05, 4.69) is 15.6 Å². The molecular formula is C18H23N3O2. The van der Waals surface area contributed by atoms with E-state index in [-0.39, 0.29) is 12.0 Å². The summed E-state index contributed by atoms with van der Waals surface area (Å²) in [7, 11) is 0. The van der Waals surface area contributed by atoms with Crippen LogP contribution in [0.3, 0.4) is 0 Å². The van der Waals surface area contributed by atoms with E-state index in [0.29, 0.717) is 19.5 Å². The van der Waals surface area contributed by atoms with Crippen molar-refractivity contribution in [1.29, 1.82) is 0 Å². The lowest BCUT2D eigenvalue weighted by Gasteiger charge is -2.11. The van der Waals surface area contributed by atoms with Crippen LogP contribution in [0.15, 0.2) is 48.8 Å². The summed E-state index contributed by atoms with van der Waals surface area (Å²) in [6.07, 6.45) is 4.05. The number of amides is 1. The Morgan fingerprint density at radius 3 is 2.65 bits per heavy atom. The third-order valence-electron chi connectivity index (χ3n) is 3.12. The highest BCUT2D eigenvalue weighted by Gasteiger charge is 2.02. The summed E-state index contributed by atoms with van der Waals surface area (Å²) in [6.45, 7) is 5.09. The Labute approximate surface area is 137 Å². The zero-order chi connectivity index (χ0) is 16.5. The highest BCUT2D eigenvalue weighted by molar-refractivity contribution is 5.76. The van der Waals surface area contributed by atoms with Gasteiger partial charge in [0.15, 0.2) is 0 Å². The molecule has 2 rings (SSSR count). The van der Waals surface area contributed by atoms with Crippen molar-refractivity contribution in [2.45, 2.75) is 32.9 Å². The van der Waals surface area contributed by atoms with Gasteiger partial charge in [-0.3, -0.25) is 9.78 Å². The summed E-state index contributed by atoms with van der Waals surface area (Å²) in [6, 6.07) is 11.5. The van der Waals surface area contributed by atoms with Gasteiger partial charge in [-0.05, 0) is 49.7 Å². The molecule has 5 nitrogen and oxygen atoms in total. The van der Waals surface area contributed by atoms with Gasteiger partial charge in [0.1, 0.15) is 5.75 Å². The molecule has 0 unspecified atom stereocenters. The number of benzene rings is 1. The van der Waals surface area contributed by atoms with Crippen LogP contribution in [0.4, 0.5) is 5.69 Å². The second kappa shape index (κ2) is 8.78. The van der Waals surface area contributed by atoms with E-state index in [1.165, 1.54) is 0 Å². The summed E-state index contributed by atoms with van der Waals surface area (Å²) in [4.78, 5) is 15.8. The van der Waals surface area contributed by atoms with E-state index in [1.807, 2.05) is 50.2 Å². The van der Waals surface area contributed by atoms with Crippen LogP contribution >= 0.6 is 0 Å². The topological polar surface area (TPSA) is 63.2 Å². The third kappa shape index (κ3) is 6.38. The molecule has 0 aliphatic heterocycles. The van der Waals surface area contributed by atoms with E-state index in [4.69, 9.17) is 4.74 Å². The molecule has 1 heterocycles. The molecule has 0 atom stereocenters. The molecular weight excluding hydrogens is 290 g/mol. The van der Waals surface area contributed by atoms with Crippen LogP contribution in [-0.2, 0) is 11.3 Å². The van der Waals surface area contributed by atoms with Gasteiger partial charge in [0.2, 0.25) is 5.91 Å². The van der Waals surface area contributed by atoms with Crippen LogP contribution in [0.2, 0.25) is 0 Å². The third-order valence-corrected chi connectivity index (χ3v) is 3.12. The van der Waals surface area contributed by atoms with Crippen LogP contribution in [-0.4, -0.2) is 23.5 Å². The van der Waals surface area contributed by atoms with E-state index in [1.54, 1.807) is 12.4 Å². The maximum absolute atomic E-state index is 11.8. The van der Waals surface area contributed by atoms with E-state index in [0.717, 1.165) is 17.0 Å². The molecule has 0 radical (unpaired) electrons. The Balaban J connectivity index is 1.67. The van der Waals surface area contributed by atoms with Gasteiger partial charge in [-0.15, -0.1) is 0 Å². The Morgan fingerprint density at radius 2 is 2.00 bits per heavy atom. The summed E-state index contributed by atoms with van der Waals surface area (Å²) >= 11 is 0. The van der Waals surface area contributed by atoms with Crippen molar-refractivity contribution in [3.8, 4) is 5.75 Å². The molecule has 0 aliphatic rings. The fraction of sp³-hybridized carbons (Fsp3) is 0.333. The number of carbonyl (C=O) groups is 1. The number of hydrogen-bond donors (Lipinski definition) is 2. The molecule has 1 amide bonds. The van der Waals surface area contributed by atoms with Gasteiger partial charge in [0, 0.05) is 37.6 Å². The first kappa shape index (κ1) is 16.8. The number of nitrogens with zero attached hydrogens (tertiary/aromatic N) is 1. The molecule has 1 aromatic heterocycles. The van der Waals surface area contributed by atoms with Gasteiger partial charge < -0.3 is 15.4 Å². The zero-order valence-corrected chi connectivity index (χ0v) is 13.6. The van der Waals surface area contributed by atoms with Crippen molar-refractivity contribution < 1.29 is 9.53 Å². The number of aromatic nitrogens is 1. The molecule has 0 spiro atoms. The lowest BCUT2D eigenvalue weighted by Crippen LogP contribution is -2.24. The predicted molar refractivity (Wildman–Crippen MR) is 91.4 cm³/mol. The normalized spacial score (nSPS) is 10.4. The Morgan fingerprint density at radius 1 is 1.22 bits per heavy atom. The van der Waals surface area contributed by atoms with Crippen molar-refractivity contribution in [2.75, 3.05) is 11.9 Å². The number of ether oxygens (including phenoxy) is 1. The summed E-state index contributed by atoms with van der Waals surface area (Å²) < 4.78 is 5.59. The van der Waals surface area contributed by atoms with Crippen LogP contribution in [0.1, 0.15) is 25.8 Å². The maximum Gasteiger partial charge on any atom is 0.222 e. The van der Waals surface area contributed by atoms with Gasteiger partial charge >= 0.3 is 0 Å². The molecule has 2 aromatic rings. The van der Waals surface area contributed by atoms with Gasteiger partial charge in [0.25, 0.3) is 0 Å². The summed E-state index contributed by atoms with van der Waals surface area (Å²) in [5.74, 6) is 0.862. The molecule has 0 bridgehead atoms. The second-order valence-electron chi connectivity index (χ2n) is 5.51. The smallest absolute Gasteiger partial charge is 0.222 e. The Bertz CT molecular complexity index is 597. The minimum atomic E-state index is 0.0149. The SMILES string of the molecule is CC(C)Oc1ccc(NCCC(=O)NCc2cccnc2)cc1. The highest BCUT2D eigenvalue weighted by Crippen LogP contribution is 2.16. The lowest BCUT2D eigenvalue weighted by atomic mass is 10.2. The Kier molecular flexibility index (Phi) is 6.41. The van der Waals surface area contributed by atoms with Crippen molar-refractivity contribution in [3.05, 3.63) is 54.4 Å². The second-order valence-corrected chi connectivity index (χ2v) is 5.51. The molecule has 0 fully saturated rings. The van der Waals surface area contributed by atoms with Crippen LogP contribution in [0.25, 0.3) is 0 Å². The number of pyridine rings is 1. The monoisotopic (exact) mass is 313 g/mol. The number of rotatable bonds is 8. The zero-order valence-electron chi connectivity index (χ0n) is 13.6. The van der Waals surface area contributed by atoms with Crippen molar-refractivity contribution in [3.63, 3.8) is 0 Å². The van der Waals surface area contributed by atoms with Crippen molar-refractivity contribution >= 4 is 11.6 Å². The lowest BCUT2D eigenvalue weighted by molar-refractivity contribution is -0.121. The highest BCUT2D eigenvalue weighted by atomic mass is 16.5. The van der Waals surface area contributed by atoms with E-state index < -0.39 is 0 Å². The van der Waals surface area contributed by atoms with Crippen LogP contribution < -0.4 is 15.4 Å². The van der Waals surface area contributed by atoms with Gasteiger partial charge in [-0.2, -0.15) is 0 Å². The fourth-order valence-electron chi connectivity index (χ4n) is 2.04. The Hall–Kier alpha value is -2.56. The maximum atomic E-state index is 11.8. The predicted octanol–water partition coefficient (Wildman–Crippen LogP) is 2.99. The van der Waals surface area contributed by atoms with Crippen molar-refractivity contribution in [2.24, 2.45) is 0 Å². The number of hydrogen-bond acceptors (Lipinski definition) is 4. The van der Waals surface area contributed by atoms with Crippen LogP contribution in [0.5, 0.6) is 5.75 Å². The molecule has 0 saturated carbocycles. The van der Waals surface area contributed by atoms with E-state index >= 15 is 0 Å². The van der Waals surface area contributed by atoms with Crippen LogP contribution in [0, 0.1) is 0 Å². The summed E-state index contributed by atoms with van der Waals surface area (Å²) in [5.41, 5.74) is 1.97. The van der Waals surface area contributed by atoms with Gasteiger partial charge in [-0.25, -0.2) is 0 Å². The first-order valence-corrected chi connectivity index (χ1v) is 7.79.